The molecule has 8 N–H and O–H groups in total. The first-order chi connectivity index (χ1) is 40.4. The van der Waals surface area contributed by atoms with Gasteiger partial charge in [-0.15, -0.1) is 0 Å². The van der Waals surface area contributed by atoms with E-state index in [1.165, 1.54) is 73.8 Å². The second kappa shape index (κ2) is 39.6. The monoisotopic (exact) mass is 1190 g/mol. The maximum absolute atomic E-state index is 14.5. The van der Waals surface area contributed by atoms with E-state index in [0.717, 1.165) is 0 Å². The molecule has 5 amide bonds. The Bertz CT molecular complexity index is 2660. The SMILES string of the molecule is CCC(C)C(=O)OCCOC(=O)C(CC(C)C(=O)OCCOCCOC)CC(CC(CC(CC)C(=O)NCCNC(=O)c1ccc(N=[N+]=[N-])cc1)C(=O)NCCNC(=O)c1ccc(C(=O)c2cccc(O)c2O)cc1)C(=O)NCCCCNCl. The highest BCUT2D eigenvalue weighted by Gasteiger charge is 2.36. The summed E-state index contributed by atoms with van der Waals surface area (Å²) in [7, 11) is 1.52. The molecular weight excluding hydrogens is 1110 g/mol. The number of hydrogen-bond donors (Lipinski definition) is 8. The molecule has 0 aliphatic heterocycles. The number of unbranched alkanes of at least 4 members (excludes halogenated alkanes) is 1. The predicted molar refractivity (Wildman–Crippen MR) is 309 cm³/mol. The van der Waals surface area contributed by atoms with Crippen LogP contribution in [-0.4, -0.2) is 149 Å². The Morgan fingerprint density at radius 2 is 1.02 bits per heavy atom. The van der Waals surface area contributed by atoms with Crippen molar-refractivity contribution in [3.05, 3.63) is 99.4 Å². The first-order valence-electron chi connectivity index (χ1n) is 28.0. The zero-order chi connectivity index (χ0) is 61.8. The Balaban J connectivity index is 1.92. The van der Waals surface area contributed by atoms with E-state index >= 15 is 0 Å². The number of hydrogen-bond acceptors (Lipinski definition) is 18. The Kier molecular flexibility index (Phi) is 33.2. The van der Waals surface area contributed by atoms with Gasteiger partial charge in [-0.3, -0.25) is 43.2 Å². The Labute approximate surface area is 494 Å². The number of carbonyl (C=O) groups is 9. The van der Waals surface area contributed by atoms with E-state index in [1.807, 2.05) is 6.92 Å². The average molecular weight is 1190 g/mol. The molecule has 0 heterocycles. The lowest BCUT2D eigenvalue weighted by Gasteiger charge is -2.28. The first kappa shape index (κ1) is 70.4. The van der Waals surface area contributed by atoms with Gasteiger partial charge in [0.1, 0.15) is 19.8 Å². The van der Waals surface area contributed by atoms with Crippen LogP contribution in [0.4, 0.5) is 5.69 Å². The van der Waals surface area contributed by atoms with Gasteiger partial charge in [0.25, 0.3) is 11.8 Å². The number of nitrogens with one attached hydrogen (secondary N) is 6. The van der Waals surface area contributed by atoms with E-state index < -0.39 is 100 Å². The topological polar surface area (TPSA) is 361 Å². The van der Waals surface area contributed by atoms with Crippen LogP contribution in [-0.2, 0) is 52.5 Å². The number of phenolic OH excluding ortho intramolecular Hbond substituents is 2. The molecule has 460 valence electrons. The molecule has 3 rings (SSSR count). The van der Waals surface area contributed by atoms with Gasteiger partial charge < -0.3 is 60.5 Å². The summed E-state index contributed by atoms with van der Waals surface area (Å²) in [6.45, 7) is 7.27. The number of azide groups is 1. The van der Waals surface area contributed by atoms with Gasteiger partial charge in [-0.25, -0.2) is 4.84 Å². The van der Waals surface area contributed by atoms with Gasteiger partial charge >= 0.3 is 17.9 Å². The van der Waals surface area contributed by atoms with Gasteiger partial charge in [0.15, 0.2) is 17.3 Å². The van der Waals surface area contributed by atoms with Crippen LogP contribution in [0.5, 0.6) is 11.5 Å². The summed E-state index contributed by atoms with van der Waals surface area (Å²) < 4.78 is 26.8. The lowest BCUT2D eigenvalue weighted by atomic mass is 9.79. The van der Waals surface area contributed by atoms with Crippen molar-refractivity contribution in [1.82, 2.24) is 31.4 Å². The van der Waals surface area contributed by atoms with Crippen LogP contribution in [0, 0.1) is 35.5 Å². The number of carbonyl (C=O) groups excluding carboxylic acids is 9. The van der Waals surface area contributed by atoms with Crippen LogP contribution in [0.15, 0.2) is 71.8 Å². The number of phenols is 2. The summed E-state index contributed by atoms with van der Waals surface area (Å²) in [4.78, 5) is 127. The molecule has 0 bridgehead atoms. The van der Waals surface area contributed by atoms with Crippen LogP contribution in [0.2, 0.25) is 0 Å². The third-order valence-electron chi connectivity index (χ3n) is 13.6. The zero-order valence-electron chi connectivity index (χ0n) is 48.3. The van der Waals surface area contributed by atoms with Crippen molar-refractivity contribution in [2.45, 2.75) is 79.1 Å². The molecular formula is C58H80ClN9O16. The van der Waals surface area contributed by atoms with Crippen molar-refractivity contribution in [2.24, 2.45) is 40.6 Å². The molecule has 26 heteroatoms. The molecule has 0 aliphatic rings. The highest BCUT2D eigenvalue weighted by atomic mass is 35.5. The van der Waals surface area contributed by atoms with Crippen LogP contribution < -0.4 is 31.4 Å². The number of ketones is 1. The van der Waals surface area contributed by atoms with E-state index in [9.17, 15) is 53.4 Å². The van der Waals surface area contributed by atoms with E-state index in [4.69, 9.17) is 41.0 Å². The molecule has 0 spiro atoms. The third-order valence-corrected chi connectivity index (χ3v) is 13.7. The second-order valence-corrected chi connectivity index (χ2v) is 20.0. The molecule has 25 nitrogen and oxygen atoms in total. The number of amides is 5. The largest absolute Gasteiger partial charge is 0.504 e. The van der Waals surface area contributed by atoms with Gasteiger partial charge in [-0.05, 0) is 105 Å². The van der Waals surface area contributed by atoms with Crippen molar-refractivity contribution in [3.8, 4) is 11.5 Å². The number of nitrogens with zero attached hydrogens (tertiary/aromatic N) is 3. The highest BCUT2D eigenvalue weighted by Crippen LogP contribution is 2.32. The summed E-state index contributed by atoms with van der Waals surface area (Å²) in [6.07, 6.45) is 1.12. The number of ether oxygens (including phenoxy) is 5. The summed E-state index contributed by atoms with van der Waals surface area (Å²) in [5, 5.41) is 37.5. The normalized spacial score (nSPS) is 13.0. The second-order valence-electron chi connectivity index (χ2n) is 19.7. The number of benzene rings is 3. The molecule has 0 saturated heterocycles. The van der Waals surface area contributed by atoms with Gasteiger partial charge in [0.05, 0.1) is 43.1 Å². The predicted octanol–water partition coefficient (Wildman–Crippen LogP) is 5.71. The van der Waals surface area contributed by atoms with Gasteiger partial charge in [0, 0.05) is 91.4 Å². The number of halogens is 1. The number of aromatic hydroxyl groups is 2. The number of rotatable bonds is 41. The lowest BCUT2D eigenvalue weighted by Crippen LogP contribution is -2.43. The van der Waals surface area contributed by atoms with Crippen LogP contribution >= 0.6 is 11.8 Å². The van der Waals surface area contributed by atoms with Crippen LogP contribution in [0.3, 0.4) is 0 Å². The number of methoxy groups -OCH3 is 1. The summed E-state index contributed by atoms with van der Waals surface area (Å²) >= 11 is 5.67. The zero-order valence-corrected chi connectivity index (χ0v) is 49.0. The van der Waals surface area contributed by atoms with Gasteiger partial charge in [0.2, 0.25) is 17.7 Å². The Morgan fingerprint density at radius 3 is 1.58 bits per heavy atom. The van der Waals surface area contributed by atoms with Gasteiger partial charge in [-0.1, -0.05) is 63.1 Å². The minimum absolute atomic E-state index is 0.000993. The molecule has 3 aromatic carbocycles. The average Bonchev–Trinajstić information content (AvgIpc) is 3.61. The molecule has 84 heavy (non-hydrogen) atoms. The molecule has 0 aliphatic carbocycles. The molecule has 0 radical (unpaired) electrons. The highest BCUT2D eigenvalue weighted by molar-refractivity contribution is 6.13. The van der Waals surface area contributed by atoms with E-state index in [2.05, 4.69) is 41.4 Å². The Morgan fingerprint density at radius 1 is 0.548 bits per heavy atom. The fourth-order valence-corrected chi connectivity index (χ4v) is 8.62. The van der Waals surface area contributed by atoms with Crippen molar-refractivity contribution < 1.29 is 77.0 Å². The smallest absolute Gasteiger partial charge is 0.309 e. The fraction of sp³-hybridized carbons (Fsp3) is 0.534. The minimum Gasteiger partial charge on any atom is -0.504 e. The molecule has 0 fully saturated rings. The molecule has 0 aromatic heterocycles. The standard InChI is InChI=1S/C58H80ClN9O16/c1-6-37(3)56(77)83-31-32-84-58(79)45(33-38(4)57(78)82-30-29-81-28-27-80-5)36-44(54(75)61-21-8-9-22-66-59)35-43(34-39(7-2)51(72)62-23-24-64-53(74)42-17-19-46(20-18-42)67-68-60)55(76)65-26-25-63-52(73)41-15-13-40(14-16-41)49(70)47-11-10-12-48(69)50(47)71/h10-20,37-39,43-45,66,69,71H,6-9,21-36H2,1-5H3,(H,61,75)(H,62,72)(H,63,73)(H,64,74)(H,65,76). The maximum Gasteiger partial charge on any atom is 0.309 e. The van der Waals surface area contributed by atoms with Crippen molar-refractivity contribution in [3.63, 3.8) is 0 Å². The summed E-state index contributed by atoms with van der Waals surface area (Å²) in [6, 6.07) is 15.4. The molecule has 6 unspecified atom stereocenters. The van der Waals surface area contributed by atoms with Crippen molar-refractivity contribution in [2.75, 3.05) is 86.0 Å². The number of esters is 3. The lowest BCUT2D eigenvalue weighted by molar-refractivity contribution is -0.159. The molecule has 6 atom stereocenters. The van der Waals surface area contributed by atoms with E-state index in [-0.39, 0.29) is 120 Å². The van der Waals surface area contributed by atoms with Gasteiger partial charge in [-0.2, -0.15) is 0 Å². The van der Waals surface area contributed by atoms with E-state index in [1.54, 1.807) is 20.8 Å². The Hall–Kier alpha value is -7.83. The minimum atomic E-state index is -1.15. The van der Waals surface area contributed by atoms with Crippen LogP contribution in [0.25, 0.3) is 10.4 Å². The maximum atomic E-state index is 14.5. The first-order valence-corrected chi connectivity index (χ1v) is 28.4. The van der Waals surface area contributed by atoms with Crippen molar-refractivity contribution >= 4 is 70.7 Å². The molecule has 3 aromatic rings. The number of para-hydroxylation sites is 1. The fourth-order valence-electron chi connectivity index (χ4n) is 8.48. The molecule has 0 saturated carbocycles. The summed E-state index contributed by atoms with van der Waals surface area (Å²) in [5.74, 6) is -11.7. The van der Waals surface area contributed by atoms with Crippen LogP contribution in [0.1, 0.15) is 116 Å². The van der Waals surface area contributed by atoms with Crippen molar-refractivity contribution in [1.29, 1.82) is 0 Å². The summed E-state index contributed by atoms with van der Waals surface area (Å²) in [5.41, 5.74) is 9.46. The van der Waals surface area contributed by atoms with E-state index in [0.29, 0.717) is 38.1 Å². The quantitative estimate of drug-likeness (QED) is 0.00388. The third kappa shape index (κ3) is 25.3.